The standard InChI is InChI=1S/C7H14N2O2/c10-7(11)3-2-6-8-4-1-5-9-6/h6,8-9H,1-5H2,(H,10,11). The summed E-state index contributed by atoms with van der Waals surface area (Å²) < 4.78 is 0. The first-order valence-electron chi connectivity index (χ1n) is 3.97. The van der Waals surface area contributed by atoms with E-state index in [0.717, 1.165) is 19.5 Å². The molecule has 0 aromatic rings. The molecule has 0 amide bonds. The van der Waals surface area contributed by atoms with Crippen molar-refractivity contribution in [2.75, 3.05) is 13.1 Å². The van der Waals surface area contributed by atoms with Crippen LogP contribution in [0, 0.1) is 0 Å². The van der Waals surface area contributed by atoms with Gasteiger partial charge in [0.25, 0.3) is 0 Å². The minimum atomic E-state index is -0.723. The van der Waals surface area contributed by atoms with Gasteiger partial charge in [-0.1, -0.05) is 0 Å². The van der Waals surface area contributed by atoms with Gasteiger partial charge < -0.3 is 15.7 Å². The molecule has 1 rings (SSSR count). The van der Waals surface area contributed by atoms with Crippen LogP contribution in [0.2, 0.25) is 0 Å². The Morgan fingerprint density at radius 3 is 2.64 bits per heavy atom. The molecule has 64 valence electrons. The first-order chi connectivity index (χ1) is 5.29. The Morgan fingerprint density at radius 2 is 2.09 bits per heavy atom. The van der Waals surface area contributed by atoms with Gasteiger partial charge in [0.05, 0.1) is 6.17 Å². The van der Waals surface area contributed by atoms with E-state index < -0.39 is 5.97 Å². The van der Waals surface area contributed by atoms with E-state index in [-0.39, 0.29) is 12.6 Å². The maximum atomic E-state index is 10.2. The molecule has 4 nitrogen and oxygen atoms in total. The van der Waals surface area contributed by atoms with Gasteiger partial charge in [-0.25, -0.2) is 0 Å². The second kappa shape index (κ2) is 4.31. The number of nitrogens with one attached hydrogen (secondary N) is 2. The van der Waals surface area contributed by atoms with Gasteiger partial charge in [0.15, 0.2) is 0 Å². The Balaban J connectivity index is 2.09. The van der Waals surface area contributed by atoms with Crippen LogP contribution in [-0.4, -0.2) is 30.3 Å². The second-order valence-corrected chi connectivity index (χ2v) is 2.75. The maximum absolute atomic E-state index is 10.2. The van der Waals surface area contributed by atoms with Crippen LogP contribution in [0.5, 0.6) is 0 Å². The Hall–Kier alpha value is -0.610. The molecule has 0 aliphatic carbocycles. The van der Waals surface area contributed by atoms with Crippen LogP contribution in [0.4, 0.5) is 0 Å². The third-order valence-corrected chi connectivity index (χ3v) is 1.78. The van der Waals surface area contributed by atoms with Gasteiger partial charge in [-0.3, -0.25) is 4.79 Å². The summed E-state index contributed by atoms with van der Waals surface area (Å²) in [7, 11) is 0. The zero-order valence-electron chi connectivity index (χ0n) is 6.47. The molecule has 0 spiro atoms. The van der Waals surface area contributed by atoms with E-state index >= 15 is 0 Å². The molecule has 11 heavy (non-hydrogen) atoms. The SMILES string of the molecule is O=C(O)CCC1NCCCN1. The van der Waals surface area contributed by atoms with Gasteiger partial charge in [-0.2, -0.15) is 0 Å². The summed E-state index contributed by atoms with van der Waals surface area (Å²) in [6.45, 7) is 1.99. The lowest BCUT2D eigenvalue weighted by Gasteiger charge is -2.24. The van der Waals surface area contributed by atoms with Crippen molar-refractivity contribution in [3.05, 3.63) is 0 Å². The number of carbonyl (C=O) groups is 1. The van der Waals surface area contributed by atoms with Gasteiger partial charge in [-0.15, -0.1) is 0 Å². The smallest absolute Gasteiger partial charge is 0.303 e. The lowest BCUT2D eigenvalue weighted by atomic mass is 10.2. The summed E-state index contributed by atoms with van der Waals surface area (Å²) in [5.74, 6) is -0.723. The van der Waals surface area contributed by atoms with E-state index in [1.54, 1.807) is 0 Å². The Kier molecular flexibility index (Phi) is 3.32. The Morgan fingerprint density at radius 1 is 1.45 bits per heavy atom. The van der Waals surface area contributed by atoms with Gasteiger partial charge >= 0.3 is 5.97 Å². The molecule has 4 heteroatoms. The summed E-state index contributed by atoms with van der Waals surface area (Å²) in [6, 6.07) is 0. The molecule has 0 saturated carbocycles. The number of carboxylic acids is 1. The third-order valence-electron chi connectivity index (χ3n) is 1.78. The van der Waals surface area contributed by atoms with Crippen LogP contribution < -0.4 is 10.6 Å². The lowest BCUT2D eigenvalue weighted by Crippen LogP contribution is -2.48. The third kappa shape index (κ3) is 3.34. The van der Waals surface area contributed by atoms with Gasteiger partial charge in [0, 0.05) is 6.42 Å². The predicted octanol–water partition coefficient (Wildman–Crippen LogP) is -0.240. The molecule has 3 N–H and O–H groups in total. The van der Waals surface area contributed by atoms with Crippen molar-refractivity contribution >= 4 is 5.97 Å². The monoisotopic (exact) mass is 158 g/mol. The molecule has 0 aromatic carbocycles. The molecular formula is C7H14N2O2. The highest BCUT2D eigenvalue weighted by Gasteiger charge is 2.11. The van der Waals surface area contributed by atoms with E-state index in [9.17, 15) is 4.79 Å². The molecular weight excluding hydrogens is 144 g/mol. The minimum absolute atomic E-state index is 0.208. The quantitative estimate of drug-likeness (QED) is 0.530. The zero-order valence-corrected chi connectivity index (χ0v) is 6.47. The summed E-state index contributed by atoms with van der Waals surface area (Å²) in [4.78, 5) is 10.2. The van der Waals surface area contributed by atoms with E-state index in [0.29, 0.717) is 6.42 Å². The van der Waals surface area contributed by atoms with Crippen molar-refractivity contribution in [3.63, 3.8) is 0 Å². The van der Waals surface area contributed by atoms with Crippen molar-refractivity contribution in [3.8, 4) is 0 Å². The molecule has 0 atom stereocenters. The summed E-state index contributed by atoms with van der Waals surface area (Å²) in [5, 5.41) is 14.8. The topological polar surface area (TPSA) is 61.4 Å². The normalized spacial score (nSPS) is 20.0. The Labute approximate surface area is 66.0 Å². The van der Waals surface area contributed by atoms with Crippen molar-refractivity contribution < 1.29 is 9.90 Å². The fourth-order valence-electron chi connectivity index (χ4n) is 1.19. The highest BCUT2D eigenvalue weighted by atomic mass is 16.4. The first kappa shape index (κ1) is 8.49. The fourth-order valence-corrected chi connectivity index (χ4v) is 1.19. The number of aliphatic carboxylic acids is 1. The number of carboxylic acid groups (broad SMARTS) is 1. The molecule has 0 unspecified atom stereocenters. The molecule has 0 bridgehead atoms. The molecule has 1 aliphatic rings. The van der Waals surface area contributed by atoms with Crippen molar-refractivity contribution in [1.29, 1.82) is 0 Å². The summed E-state index contributed by atoms with van der Waals surface area (Å²) in [6.07, 6.45) is 2.25. The van der Waals surface area contributed by atoms with Crippen LogP contribution in [-0.2, 0) is 4.79 Å². The molecule has 1 heterocycles. The van der Waals surface area contributed by atoms with Crippen LogP contribution in [0.25, 0.3) is 0 Å². The molecule has 1 saturated heterocycles. The second-order valence-electron chi connectivity index (χ2n) is 2.75. The summed E-state index contributed by atoms with van der Waals surface area (Å²) in [5.41, 5.74) is 0. The zero-order chi connectivity index (χ0) is 8.10. The first-order valence-corrected chi connectivity index (χ1v) is 3.97. The fraction of sp³-hybridized carbons (Fsp3) is 0.857. The van der Waals surface area contributed by atoms with E-state index in [2.05, 4.69) is 10.6 Å². The van der Waals surface area contributed by atoms with Crippen LogP contribution in [0.15, 0.2) is 0 Å². The van der Waals surface area contributed by atoms with Crippen molar-refractivity contribution in [1.82, 2.24) is 10.6 Å². The number of rotatable bonds is 3. The lowest BCUT2D eigenvalue weighted by molar-refractivity contribution is -0.137. The van der Waals surface area contributed by atoms with Crippen LogP contribution in [0.3, 0.4) is 0 Å². The predicted molar refractivity (Wildman–Crippen MR) is 41.3 cm³/mol. The molecule has 0 aromatic heterocycles. The molecule has 1 fully saturated rings. The van der Waals surface area contributed by atoms with Gasteiger partial charge in [0.1, 0.15) is 0 Å². The number of hydrogen-bond donors (Lipinski definition) is 3. The average molecular weight is 158 g/mol. The summed E-state index contributed by atoms with van der Waals surface area (Å²) >= 11 is 0. The largest absolute Gasteiger partial charge is 0.481 e. The number of hydrogen-bond acceptors (Lipinski definition) is 3. The molecule has 1 aliphatic heterocycles. The van der Waals surface area contributed by atoms with Gasteiger partial charge in [0.2, 0.25) is 0 Å². The maximum Gasteiger partial charge on any atom is 0.303 e. The highest BCUT2D eigenvalue weighted by Crippen LogP contribution is 1.97. The van der Waals surface area contributed by atoms with Gasteiger partial charge in [-0.05, 0) is 25.9 Å². The Bertz CT molecular complexity index is 132. The highest BCUT2D eigenvalue weighted by molar-refractivity contribution is 5.66. The van der Waals surface area contributed by atoms with E-state index in [1.807, 2.05) is 0 Å². The molecule has 0 radical (unpaired) electrons. The minimum Gasteiger partial charge on any atom is -0.481 e. The van der Waals surface area contributed by atoms with E-state index in [4.69, 9.17) is 5.11 Å². The van der Waals surface area contributed by atoms with Crippen molar-refractivity contribution in [2.24, 2.45) is 0 Å². The van der Waals surface area contributed by atoms with Crippen molar-refractivity contribution in [2.45, 2.75) is 25.4 Å². The average Bonchev–Trinajstić information content (AvgIpc) is 2.03. The van der Waals surface area contributed by atoms with E-state index in [1.165, 1.54) is 0 Å². The van der Waals surface area contributed by atoms with Crippen LogP contribution in [0.1, 0.15) is 19.3 Å². The van der Waals surface area contributed by atoms with Crippen LogP contribution >= 0.6 is 0 Å².